The minimum atomic E-state index is 0.284. The number of hydrogen-bond acceptors (Lipinski definition) is 1. The average molecular weight is 302 g/mol. The van der Waals surface area contributed by atoms with E-state index < -0.39 is 0 Å². The lowest BCUT2D eigenvalue weighted by Gasteiger charge is -2.32. The molecule has 0 heterocycles. The first-order chi connectivity index (χ1) is 9.06. The molecule has 0 aliphatic rings. The van der Waals surface area contributed by atoms with Gasteiger partial charge in [-0.1, -0.05) is 50.0 Å². The van der Waals surface area contributed by atoms with E-state index in [1.54, 1.807) is 0 Å². The molecule has 0 amide bonds. The van der Waals surface area contributed by atoms with Gasteiger partial charge in [-0.25, -0.2) is 0 Å². The maximum Gasteiger partial charge on any atom is 0.0453 e. The Hall–Kier alpha value is -0.240. The zero-order valence-corrected chi connectivity index (χ0v) is 13.7. The van der Waals surface area contributed by atoms with E-state index in [9.17, 15) is 0 Å². The van der Waals surface area contributed by atoms with Crippen LogP contribution in [0.1, 0.15) is 45.6 Å². The van der Waals surface area contributed by atoms with Crippen LogP contribution in [0.25, 0.3) is 0 Å². The van der Waals surface area contributed by atoms with Crippen molar-refractivity contribution in [3.8, 4) is 0 Å². The quantitative estimate of drug-likeness (QED) is 0.639. The number of nitrogens with one attached hydrogen (secondary N) is 1. The van der Waals surface area contributed by atoms with Crippen molar-refractivity contribution in [3.05, 3.63) is 33.8 Å². The molecule has 0 fully saturated rings. The van der Waals surface area contributed by atoms with Crippen molar-refractivity contribution in [2.75, 3.05) is 13.1 Å². The first kappa shape index (κ1) is 16.8. The molecular formula is C16H25Cl2N. The lowest BCUT2D eigenvalue weighted by atomic mass is 9.77. The smallest absolute Gasteiger partial charge is 0.0453 e. The van der Waals surface area contributed by atoms with Gasteiger partial charge in [-0.2, -0.15) is 0 Å². The van der Waals surface area contributed by atoms with Gasteiger partial charge in [-0.05, 0) is 55.3 Å². The largest absolute Gasteiger partial charge is 0.316 e. The van der Waals surface area contributed by atoms with Crippen LogP contribution in [0.2, 0.25) is 10.0 Å². The van der Waals surface area contributed by atoms with Crippen LogP contribution < -0.4 is 5.32 Å². The molecule has 1 rings (SSSR count). The average Bonchev–Trinajstić information content (AvgIpc) is 2.41. The minimum absolute atomic E-state index is 0.284. The molecule has 1 nitrogen and oxygen atoms in total. The van der Waals surface area contributed by atoms with Crippen LogP contribution in [0, 0.1) is 5.41 Å². The molecule has 0 aliphatic heterocycles. The van der Waals surface area contributed by atoms with Crippen LogP contribution in [0.3, 0.4) is 0 Å². The van der Waals surface area contributed by atoms with E-state index >= 15 is 0 Å². The third kappa shape index (κ3) is 4.98. The van der Waals surface area contributed by atoms with Gasteiger partial charge in [0.15, 0.2) is 0 Å². The summed E-state index contributed by atoms with van der Waals surface area (Å²) in [4.78, 5) is 0. The summed E-state index contributed by atoms with van der Waals surface area (Å²) in [6, 6.07) is 5.83. The number of hydrogen-bond donors (Lipinski definition) is 1. The van der Waals surface area contributed by atoms with Gasteiger partial charge in [-0.15, -0.1) is 0 Å². The molecule has 0 aliphatic carbocycles. The number of rotatable bonds is 8. The standard InChI is InChI=1S/C16H25Cl2N/c1-4-9-19-12-16(5-2,6-3)11-13-7-8-14(17)10-15(13)18/h7-8,10,19H,4-6,9,11-12H2,1-3H3. The van der Waals surface area contributed by atoms with Gasteiger partial charge in [-0.3, -0.25) is 0 Å². The fraction of sp³-hybridized carbons (Fsp3) is 0.625. The summed E-state index contributed by atoms with van der Waals surface area (Å²) in [6.45, 7) is 8.85. The van der Waals surface area contributed by atoms with E-state index in [4.69, 9.17) is 23.2 Å². The second-order valence-corrected chi connectivity index (χ2v) is 6.14. The Labute approximate surface area is 127 Å². The molecule has 0 unspecified atom stereocenters. The van der Waals surface area contributed by atoms with Gasteiger partial charge in [0.2, 0.25) is 0 Å². The van der Waals surface area contributed by atoms with Crippen LogP contribution in [0.15, 0.2) is 18.2 Å². The summed E-state index contributed by atoms with van der Waals surface area (Å²) >= 11 is 12.3. The predicted octanol–water partition coefficient (Wildman–Crippen LogP) is 5.34. The van der Waals surface area contributed by atoms with E-state index in [1.807, 2.05) is 12.1 Å². The van der Waals surface area contributed by atoms with Gasteiger partial charge in [0, 0.05) is 16.6 Å². The molecule has 1 N–H and O–H groups in total. The van der Waals surface area contributed by atoms with Crippen molar-refractivity contribution in [3.63, 3.8) is 0 Å². The van der Waals surface area contributed by atoms with Crippen molar-refractivity contribution in [1.82, 2.24) is 5.32 Å². The topological polar surface area (TPSA) is 12.0 Å². The number of benzene rings is 1. The third-order valence-corrected chi connectivity index (χ3v) is 4.59. The van der Waals surface area contributed by atoms with Crippen LogP contribution >= 0.6 is 23.2 Å². The Morgan fingerprint density at radius 3 is 2.32 bits per heavy atom. The van der Waals surface area contributed by atoms with E-state index in [2.05, 4.69) is 32.2 Å². The zero-order valence-electron chi connectivity index (χ0n) is 12.2. The Morgan fingerprint density at radius 1 is 1.11 bits per heavy atom. The van der Waals surface area contributed by atoms with Gasteiger partial charge in [0.1, 0.15) is 0 Å². The third-order valence-electron chi connectivity index (χ3n) is 4.01. The molecule has 0 saturated heterocycles. The highest BCUT2D eigenvalue weighted by molar-refractivity contribution is 6.35. The van der Waals surface area contributed by atoms with Crippen LogP contribution in [0.4, 0.5) is 0 Å². The van der Waals surface area contributed by atoms with Crippen molar-refractivity contribution >= 4 is 23.2 Å². The summed E-state index contributed by atoms with van der Waals surface area (Å²) in [5.41, 5.74) is 1.49. The van der Waals surface area contributed by atoms with Gasteiger partial charge in [0.25, 0.3) is 0 Å². The minimum Gasteiger partial charge on any atom is -0.316 e. The molecule has 0 atom stereocenters. The highest BCUT2D eigenvalue weighted by Crippen LogP contribution is 2.33. The zero-order chi connectivity index (χ0) is 14.3. The monoisotopic (exact) mass is 301 g/mol. The molecule has 0 spiro atoms. The van der Waals surface area contributed by atoms with Gasteiger partial charge in [0.05, 0.1) is 0 Å². The Bertz CT molecular complexity index is 386. The lowest BCUT2D eigenvalue weighted by molar-refractivity contribution is 0.247. The van der Waals surface area contributed by atoms with E-state index in [0.717, 1.165) is 37.4 Å². The van der Waals surface area contributed by atoms with Crippen molar-refractivity contribution in [2.24, 2.45) is 5.41 Å². The van der Waals surface area contributed by atoms with Crippen LogP contribution in [-0.2, 0) is 6.42 Å². The fourth-order valence-electron chi connectivity index (χ4n) is 2.41. The fourth-order valence-corrected chi connectivity index (χ4v) is 2.89. The molecule has 0 saturated carbocycles. The molecule has 108 valence electrons. The summed E-state index contributed by atoms with van der Waals surface area (Å²) < 4.78 is 0. The van der Waals surface area contributed by atoms with Gasteiger partial charge < -0.3 is 5.32 Å². The SMILES string of the molecule is CCCNCC(CC)(CC)Cc1ccc(Cl)cc1Cl. The molecule has 1 aromatic carbocycles. The first-order valence-corrected chi connectivity index (χ1v) is 7.97. The molecule has 1 aromatic rings. The molecule has 3 heteroatoms. The molecular weight excluding hydrogens is 277 g/mol. The molecule has 19 heavy (non-hydrogen) atoms. The Kier molecular flexibility index (Phi) is 7.20. The normalized spacial score (nSPS) is 11.8. The lowest BCUT2D eigenvalue weighted by Crippen LogP contribution is -2.35. The van der Waals surface area contributed by atoms with Gasteiger partial charge >= 0.3 is 0 Å². The Balaban J connectivity index is 2.81. The van der Waals surface area contributed by atoms with Crippen molar-refractivity contribution in [2.45, 2.75) is 46.5 Å². The maximum absolute atomic E-state index is 6.31. The second-order valence-electron chi connectivity index (χ2n) is 5.30. The Morgan fingerprint density at radius 2 is 1.79 bits per heavy atom. The highest BCUT2D eigenvalue weighted by Gasteiger charge is 2.26. The molecule has 0 bridgehead atoms. The van der Waals surface area contributed by atoms with Crippen LogP contribution in [-0.4, -0.2) is 13.1 Å². The first-order valence-electron chi connectivity index (χ1n) is 7.21. The highest BCUT2D eigenvalue weighted by atomic mass is 35.5. The van der Waals surface area contributed by atoms with E-state index in [-0.39, 0.29) is 5.41 Å². The summed E-state index contributed by atoms with van der Waals surface area (Å²) in [5.74, 6) is 0. The van der Waals surface area contributed by atoms with Crippen molar-refractivity contribution < 1.29 is 0 Å². The summed E-state index contributed by atoms with van der Waals surface area (Å²) in [5, 5.41) is 5.05. The summed E-state index contributed by atoms with van der Waals surface area (Å²) in [7, 11) is 0. The predicted molar refractivity (Wildman–Crippen MR) is 86.3 cm³/mol. The van der Waals surface area contributed by atoms with E-state index in [1.165, 1.54) is 12.0 Å². The maximum atomic E-state index is 6.31. The molecule has 0 aromatic heterocycles. The van der Waals surface area contributed by atoms with Crippen LogP contribution in [0.5, 0.6) is 0 Å². The van der Waals surface area contributed by atoms with Crippen molar-refractivity contribution in [1.29, 1.82) is 0 Å². The van der Waals surface area contributed by atoms with E-state index in [0.29, 0.717) is 5.02 Å². The summed E-state index contributed by atoms with van der Waals surface area (Å²) in [6.07, 6.45) is 4.48. The second kappa shape index (κ2) is 8.14. The molecule has 0 radical (unpaired) electrons. The number of halogens is 2.